The van der Waals surface area contributed by atoms with Crippen LogP contribution in [0.1, 0.15) is 18.0 Å². The number of amides is 2. The Morgan fingerprint density at radius 3 is 2.57 bits per heavy atom. The molecule has 2 atom stereocenters. The molecule has 1 aliphatic rings. The molecule has 0 saturated heterocycles. The predicted molar refractivity (Wildman–Crippen MR) is 119 cm³/mol. The number of carbonyl (C=O) groups excluding carboxylic acids is 1. The lowest BCUT2D eigenvalue weighted by Crippen LogP contribution is -2.46. The summed E-state index contributed by atoms with van der Waals surface area (Å²) in [5.74, 6) is 1.62. The summed E-state index contributed by atoms with van der Waals surface area (Å²) in [5.41, 5.74) is 0.650. The van der Waals surface area contributed by atoms with E-state index in [1.54, 1.807) is 41.7 Å². The van der Waals surface area contributed by atoms with Gasteiger partial charge in [0.15, 0.2) is 11.5 Å². The van der Waals surface area contributed by atoms with Gasteiger partial charge in [0.2, 0.25) is 6.79 Å². The Morgan fingerprint density at radius 1 is 1.07 bits per heavy atom. The van der Waals surface area contributed by atoms with Gasteiger partial charge in [0, 0.05) is 22.4 Å². The molecule has 7 nitrogen and oxygen atoms in total. The van der Waals surface area contributed by atoms with E-state index in [9.17, 15) is 14.7 Å². The van der Waals surface area contributed by atoms with Gasteiger partial charge in [0.25, 0.3) is 0 Å². The van der Waals surface area contributed by atoms with Crippen molar-refractivity contribution in [3.63, 3.8) is 0 Å². The number of aliphatic carboxylic acids is 1. The van der Waals surface area contributed by atoms with Gasteiger partial charge in [-0.1, -0.05) is 24.3 Å². The van der Waals surface area contributed by atoms with Gasteiger partial charge in [-0.2, -0.15) is 11.8 Å². The number of carboxylic acids is 1. The molecule has 2 aromatic carbocycles. The lowest BCUT2D eigenvalue weighted by atomic mass is 10.0. The van der Waals surface area contributed by atoms with E-state index in [-0.39, 0.29) is 19.3 Å². The van der Waals surface area contributed by atoms with Crippen molar-refractivity contribution < 1.29 is 24.2 Å². The molecule has 0 aromatic heterocycles. The van der Waals surface area contributed by atoms with Crippen molar-refractivity contribution >= 4 is 35.5 Å². The fraction of sp³-hybridized carbons (Fsp3) is 0.333. The van der Waals surface area contributed by atoms with Crippen molar-refractivity contribution in [1.29, 1.82) is 0 Å². The monoisotopic (exact) mass is 448 g/mol. The van der Waals surface area contributed by atoms with Gasteiger partial charge in [-0.05, 0) is 36.1 Å². The van der Waals surface area contributed by atoms with Crippen LogP contribution in [0.5, 0.6) is 11.5 Å². The van der Waals surface area contributed by atoms with Crippen LogP contribution in [-0.4, -0.2) is 47.7 Å². The van der Waals surface area contributed by atoms with Gasteiger partial charge in [-0.15, -0.1) is 11.8 Å². The maximum Gasteiger partial charge on any atom is 0.315 e. The number of nitrogens with one attached hydrogen (secondary N) is 2. The average molecular weight is 449 g/mol. The average Bonchev–Trinajstić information content (AvgIpc) is 3.20. The Balaban J connectivity index is 1.62. The quantitative estimate of drug-likeness (QED) is 0.476. The number of fused-ring (bicyclic) bond motifs is 1. The summed E-state index contributed by atoms with van der Waals surface area (Å²) in [6.45, 7) is 0.131. The summed E-state index contributed by atoms with van der Waals surface area (Å²) in [6.07, 6.45) is 1.75. The Labute approximate surface area is 183 Å². The third-order valence-electron chi connectivity index (χ3n) is 4.38. The highest BCUT2D eigenvalue weighted by Crippen LogP contribution is 2.34. The number of urea groups is 1. The molecule has 2 unspecified atom stereocenters. The van der Waals surface area contributed by atoms with E-state index in [0.29, 0.717) is 22.8 Å². The van der Waals surface area contributed by atoms with Gasteiger partial charge in [0.05, 0.1) is 12.5 Å². The second kappa shape index (κ2) is 11.0. The van der Waals surface area contributed by atoms with Crippen LogP contribution in [0.2, 0.25) is 0 Å². The first-order valence-corrected chi connectivity index (χ1v) is 11.8. The van der Waals surface area contributed by atoms with E-state index in [4.69, 9.17) is 9.47 Å². The number of hydrogen-bond acceptors (Lipinski definition) is 6. The number of carbonyl (C=O) groups is 2. The lowest BCUT2D eigenvalue weighted by Gasteiger charge is -2.22. The van der Waals surface area contributed by atoms with Gasteiger partial charge in [0.1, 0.15) is 0 Å². The van der Waals surface area contributed by atoms with Crippen LogP contribution in [0.25, 0.3) is 0 Å². The van der Waals surface area contributed by atoms with E-state index in [0.717, 1.165) is 10.6 Å². The van der Waals surface area contributed by atoms with Crippen molar-refractivity contribution in [2.75, 3.05) is 24.6 Å². The van der Waals surface area contributed by atoms with E-state index in [1.807, 2.05) is 36.6 Å². The summed E-state index contributed by atoms with van der Waals surface area (Å²) in [7, 11) is 0. The van der Waals surface area contributed by atoms with Crippen LogP contribution in [0.3, 0.4) is 0 Å². The molecule has 0 saturated carbocycles. The van der Waals surface area contributed by atoms with E-state index >= 15 is 0 Å². The van der Waals surface area contributed by atoms with Gasteiger partial charge >= 0.3 is 12.0 Å². The maximum atomic E-state index is 12.6. The smallest absolute Gasteiger partial charge is 0.315 e. The maximum absolute atomic E-state index is 12.6. The topological polar surface area (TPSA) is 96.9 Å². The molecule has 3 rings (SSSR count). The number of carboxylic acid groups (broad SMARTS) is 1. The van der Waals surface area contributed by atoms with Crippen LogP contribution in [0.15, 0.2) is 53.4 Å². The Kier molecular flexibility index (Phi) is 8.15. The largest absolute Gasteiger partial charge is 0.481 e. The first-order chi connectivity index (χ1) is 14.5. The van der Waals surface area contributed by atoms with Crippen LogP contribution in [0, 0.1) is 0 Å². The number of benzene rings is 2. The van der Waals surface area contributed by atoms with Crippen molar-refractivity contribution in [3.05, 3.63) is 54.1 Å². The Morgan fingerprint density at radius 2 is 1.83 bits per heavy atom. The van der Waals surface area contributed by atoms with Crippen molar-refractivity contribution in [3.8, 4) is 11.5 Å². The second-order valence-electron chi connectivity index (χ2n) is 6.66. The SMILES string of the molecule is CSCC(CSc1ccccc1)NC(=O)NC(CC(=O)O)c1ccc2c(c1)OCO2. The van der Waals surface area contributed by atoms with Crippen LogP contribution in [0.4, 0.5) is 4.79 Å². The third kappa shape index (κ3) is 6.50. The molecule has 30 heavy (non-hydrogen) atoms. The molecule has 2 aromatic rings. The number of ether oxygens (including phenoxy) is 2. The molecule has 0 fully saturated rings. The highest BCUT2D eigenvalue weighted by molar-refractivity contribution is 8.00. The molecule has 2 amide bonds. The Bertz CT molecular complexity index is 866. The zero-order valence-electron chi connectivity index (χ0n) is 16.5. The summed E-state index contributed by atoms with van der Waals surface area (Å²) in [6, 6.07) is 14.0. The summed E-state index contributed by atoms with van der Waals surface area (Å²) >= 11 is 3.32. The summed E-state index contributed by atoms with van der Waals surface area (Å²) < 4.78 is 10.7. The van der Waals surface area contributed by atoms with Gasteiger partial charge in [-0.25, -0.2) is 4.79 Å². The van der Waals surface area contributed by atoms with Gasteiger partial charge < -0.3 is 25.2 Å². The molecule has 160 valence electrons. The second-order valence-corrected chi connectivity index (χ2v) is 8.66. The minimum absolute atomic E-state index is 0.0626. The zero-order chi connectivity index (χ0) is 21.3. The molecular formula is C21H24N2O5S2. The van der Waals surface area contributed by atoms with Crippen LogP contribution in [-0.2, 0) is 4.79 Å². The third-order valence-corrected chi connectivity index (χ3v) is 6.29. The highest BCUT2D eigenvalue weighted by Gasteiger charge is 2.23. The Hall–Kier alpha value is -2.52. The molecule has 0 bridgehead atoms. The molecule has 9 heteroatoms. The van der Waals surface area contributed by atoms with E-state index in [2.05, 4.69) is 10.6 Å². The van der Waals surface area contributed by atoms with Crippen molar-refractivity contribution in [2.45, 2.75) is 23.4 Å². The van der Waals surface area contributed by atoms with Crippen LogP contribution >= 0.6 is 23.5 Å². The first-order valence-electron chi connectivity index (χ1n) is 9.40. The molecular weight excluding hydrogens is 424 g/mol. The minimum atomic E-state index is -1.00. The molecule has 3 N–H and O–H groups in total. The number of hydrogen-bond donors (Lipinski definition) is 3. The summed E-state index contributed by atoms with van der Waals surface area (Å²) in [5, 5.41) is 15.1. The van der Waals surface area contributed by atoms with Crippen LogP contribution < -0.4 is 20.1 Å². The van der Waals surface area contributed by atoms with E-state index in [1.165, 1.54) is 0 Å². The first kappa shape index (κ1) is 22.2. The fourth-order valence-electron chi connectivity index (χ4n) is 2.99. The molecule has 1 aliphatic heterocycles. The molecule has 0 radical (unpaired) electrons. The highest BCUT2D eigenvalue weighted by atomic mass is 32.2. The summed E-state index contributed by atoms with van der Waals surface area (Å²) in [4.78, 5) is 25.1. The zero-order valence-corrected chi connectivity index (χ0v) is 18.1. The normalized spacial score (nSPS) is 14.0. The lowest BCUT2D eigenvalue weighted by molar-refractivity contribution is -0.137. The van der Waals surface area contributed by atoms with Crippen molar-refractivity contribution in [2.24, 2.45) is 0 Å². The van der Waals surface area contributed by atoms with E-state index < -0.39 is 18.0 Å². The fourth-order valence-corrected chi connectivity index (χ4v) is 4.69. The molecule has 0 aliphatic carbocycles. The van der Waals surface area contributed by atoms with Gasteiger partial charge in [-0.3, -0.25) is 4.79 Å². The number of rotatable bonds is 10. The molecule has 1 heterocycles. The van der Waals surface area contributed by atoms with Crippen molar-refractivity contribution in [1.82, 2.24) is 10.6 Å². The minimum Gasteiger partial charge on any atom is -0.481 e. The number of thioether (sulfide) groups is 2. The molecule has 0 spiro atoms. The predicted octanol–water partition coefficient (Wildman–Crippen LogP) is 3.75. The standard InChI is InChI=1S/C21H24N2O5S2/c1-29-11-15(12-30-16-5-3-2-4-6-16)22-21(26)23-17(10-20(24)25)14-7-8-18-19(9-14)28-13-27-18/h2-9,15,17H,10-13H2,1H3,(H,24,25)(H2,22,23,26).